The van der Waals surface area contributed by atoms with Crippen LogP contribution in [0.2, 0.25) is 5.02 Å². The van der Waals surface area contributed by atoms with Gasteiger partial charge in [0, 0.05) is 16.1 Å². The number of benzene rings is 2. The predicted octanol–water partition coefficient (Wildman–Crippen LogP) is 4.27. The molecule has 1 aromatic heterocycles. The van der Waals surface area contributed by atoms with Crippen LogP contribution in [0.3, 0.4) is 0 Å². The number of hydrogen-bond acceptors (Lipinski definition) is 3. The van der Waals surface area contributed by atoms with Gasteiger partial charge in [-0.15, -0.1) is 0 Å². The molecule has 5 heteroatoms. The Morgan fingerprint density at radius 3 is 2.67 bits per heavy atom. The number of para-hydroxylation sites is 1. The van der Waals surface area contributed by atoms with Crippen molar-refractivity contribution >= 4 is 51.2 Å². The van der Waals surface area contributed by atoms with Crippen molar-refractivity contribution in [1.82, 2.24) is 4.98 Å². The van der Waals surface area contributed by atoms with Gasteiger partial charge in [-0.25, -0.2) is 4.98 Å². The van der Waals surface area contributed by atoms with Crippen LogP contribution in [0.4, 0.5) is 11.5 Å². The molecule has 0 aliphatic heterocycles. The fraction of sp³-hybridized carbons (Fsp3) is 0. The smallest absolute Gasteiger partial charge is 0.141 e. The SMILES string of the molecule is NC(=S)c1cc2ccccc2nc1Nc1cccc(Cl)c1. The van der Waals surface area contributed by atoms with E-state index < -0.39 is 0 Å². The van der Waals surface area contributed by atoms with Gasteiger partial charge in [0.15, 0.2) is 0 Å². The highest BCUT2D eigenvalue weighted by atomic mass is 35.5. The molecule has 0 bridgehead atoms. The summed E-state index contributed by atoms with van der Waals surface area (Å²) in [6.07, 6.45) is 0. The fourth-order valence-corrected chi connectivity index (χ4v) is 2.45. The highest BCUT2D eigenvalue weighted by Crippen LogP contribution is 2.25. The summed E-state index contributed by atoms with van der Waals surface area (Å²) in [5, 5.41) is 4.87. The van der Waals surface area contributed by atoms with Crippen molar-refractivity contribution in [2.24, 2.45) is 5.73 Å². The fourth-order valence-electron chi connectivity index (χ4n) is 2.10. The second-order valence-electron chi connectivity index (χ2n) is 4.58. The lowest BCUT2D eigenvalue weighted by atomic mass is 10.1. The number of halogens is 1. The van der Waals surface area contributed by atoms with Crippen molar-refractivity contribution in [3.8, 4) is 0 Å². The van der Waals surface area contributed by atoms with E-state index in [1.807, 2.05) is 54.6 Å². The van der Waals surface area contributed by atoms with Crippen LogP contribution in [0.5, 0.6) is 0 Å². The van der Waals surface area contributed by atoms with E-state index in [2.05, 4.69) is 10.3 Å². The van der Waals surface area contributed by atoms with Crippen molar-refractivity contribution in [2.45, 2.75) is 0 Å². The quantitative estimate of drug-likeness (QED) is 0.709. The van der Waals surface area contributed by atoms with Gasteiger partial charge in [-0.3, -0.25) is 0 Å². The third-order valence-corrected chi connectivity index (χ3v) is 3.53. The number of hydrogen-bond donors (Lipinski definition) is 2. The third-order valence-electron chi connectivity index (χ3n) is 3.08. The molecular weight excluding hydrogens is 302 g/mol. The zero-order valence-electron chi connectivity index (χ0n) is 11.0. The number of nitrogens with zero attached hydrogens (tertiary/aromatic N) is 1. The zero-order valence-corrected chi connectivity index (χ0v) is 12.6. The van der Waals surface area contributed by atoms with E-state index in [9.17, 15) is 0 Å². The van der Waals surface area contributed by atoms with Crippen molar-refractivity contribution in [3.05, 3.63) is 65.2 Å². The van der Waals surface area contributed by atoms with E-state index in [4.69, 9.17) is 29.6 Å². The maximum absolute atomic E-state index is 6.00. The first-order chi connectivity index (χ1) is 10.1. The Morgan fingerprint density at radius 2 is 1.90 bits per heavy atom. The Morgan fingerprint density at radius 1 is 1.10 bits per heavy atom. The average molecular weight is 314 g/mol. The van der Waals surface area contributed by atoms with Gasteiger partial charge in [-0.05, 0) is 30.3 Å². The predicted molar refractivity (Wildman–Crippen MR) is 92.4 cm³/mol. The van der Waals surface area contributed by atoms with E-state index in [0.717, 1.165) is 16.6 Å². The first-order valence-corrected chi connectivity index (χ1v) is 7.14. The summed E-state index contributed by atoms with van der Waals surface area (Å²) in [5.41, 5.74) is 8.24. The van der Waals surface area contributed by atoms with Crippen molar-refractivity contribution in [2.75, 3.05) is 5.32 Å². The third kappa shape index (κ3) is 2.96. The molecule has 2 aromatic carbocycles. The summed E-state index contributed by atoms with van der Waals surface area (Å²) in [5.74, 6) is 0.628. The van der Waals surface area contributed by atoms with E-state index in [0.29, 0.717) is 21.4 Å². The van der Waals surface area contributed by atoms with E-state index in [1.165, 1.54) is 0 Å². The molecule has 0 aliphatic rings. The number of nitrogens with two attached hydrogens (primary N) is 1. The summed E-state index contributed by atoms with van der Waals surface area (Å²) >= 11 is 11.1. The van der Waals surface area contributed by atoms with Crippen LogP contribution in [0.1, 0.15) is 5.56 Å². The Balaban J connectivity index is 2.11. The highest BCUT2D eigenvalue weighted by Gasteiger charge is 2.09. The molecular formula is C16H12ClN3S. The topological polar surface area (TPSA) is 50.9 Å². The van der Waals surface area contributed by atoms with Gasteiger partial charge < -0.3 is 11.1 Å². The maximum atomic E-state index is 6.00. The number of thiocarbonyl (C=S) groups is 1. The Kier molecular flexibility index (Phi) is 3.73. The Bertz CT molecular complexity index is 833. The lowest BCUT2D eigenvalue weighted by Crippen LogP contribution is -2.13. The molecule has 0 radical (unpaired) electrons. The second-order valence-corrected chi connectivity index (χ2v) is 5.45. The summed E-state index contributed by atoms with van der Waals surface area (Å²) in [4.78, 5) is 4.90. The molecule has 21 heavy (non-hydrogen) atoms. The van der Waals surface area contributed by atoms with E-state index >= 15 is 0 Å². The largest absolute Gasteiger partial charge is 0.389 e. The normalized spacial score (nSPS) is 10.5. The lowest BCUT2D eigenvalue weighted by molar-refractivity contribution is 1.36. The van der Waals surface area contributed by atoms with Crippen LogP contribution in [-0.4, -0.2) is 9.97 Å². The monoisotopic (exact) mass is 313 g/mol. The second kappa shape index (κ2) is 5.68. The minimum atomic E-state index is 0.304. The number of aromatic nitrogens is 1. The van der Waals surface area contributed by atoms with Crippen molar-refractivity contribution in [1.29, 1.82) is 0 Å². The molecule has 0 saturated heterocycles. The zero-order chi connectivity index (χ0) is 14.8. The van der Waals surface area contributed by atoms with E-state index in [1.54, 1.807) is 0 Å². The summed E-state index contributed by atoms with van der Waals surface area (Å²) in [7, 11) is 0. The molecule has 104 valence electrons. The summed E-state index contributed by atoms with van der Waals surface area (Å²) < 4.78 is 0. The number of fused-ring (bicyclic) bond motifs is 1. The average Bonchev–Trinajstić information content (AvgIpc) is 2.46. The molecule has 0 saturated carbocycles. The molecule has 0 fully saturated rings. The van der Waals surface area contributed by atoms with Crippen LogP contribution in [0.15, 0.2) is 54.6 Å². The molecule has 1 heterocycles. The van der Waals surface area contributed by atoms with Crippen molar-refractivity contribution in [3.63, 3.8) is 0 Å². The molecule has 3 aromatic rings. The standard InChI is InChI=1S/C16H12ClN3S/c17-11-5-3-6-12(9-11)19-16-13(15(18)21)8-10-4-1-2-7-14(10)20-16/h1-9H,(H2,18,21)(H,19,20). The van der Waals surface area contributed by atoms with Crippen LogP contribution < -0.4 is 11.1 Å². The molecule has 0 amide bonds. The van der Waals surface area contributed by atoms with Gasteiger partial charge in [-0.2, -0.15) is 0 Å². The van der Waals surface area contributed by atoms with Gasteiger partial charge in [0.2, 0.25) is 0 Å². The summed E-state index contributed by atoms with van der Waals surface area (Å²) in [6, 6.07) is 17.2. The molecule has 3 nitrogen and oxygen atoms in total. The summed E-state index contributed by atoms with van der Waals surface area (Å²) in [6.45, 7) is 0. The van der Waals surface area contributed by atoms with Crippen LogP contribution in [-0.2, 0) is 0 Å². The molecule has 0 aliphatic carbocycles. The highest BCUT2D eigenvalue weighted by molar-refractivity contribution is 7.80. The van der Waals surface area contributed by atoms with Crippen LogP contribution in [0, 0.1) is 0 Å². The minimum Gasteiger partial charge on any atom is -0.389 e. The Labute approximate surface area is 132 Å². The molecule has 3 rings (SSSR count). The van der Waals surface area contributed by atoms with Crippen molar-refractivity contribution < 1.29 is 0 Å². The number of anilines is 2. The lowest BCUT2D eigenvalue weighted by Gasteiger charge is -2.12. The molecule has 0 spiro atoms. The first kappa shape index (κ1) is 13.8. The van der Waals surface area contributed by atoms with Crippen LogP contribution in [0.25, 0.3) is 10.9 Å². The minimum absolute atomic E-state index is 0.304. The molecule has 3 N–H and O–H groups in total. The van der Waals surface area contributed by atoms with Gasteiger partial charge in [0.25, 0.3) is 0 Å². The maximum Gasteiger partial charge on any atom is 0.141 e. The van der Waals surface area contributed by atoms with Gasteiger partial charge >= 0.3 is 0 Å². The number of nitrogens with one attached hydrogen (secondary N) is 1. The Hall–Kier alpha value is -2.17. The first-order valence-electron chi connectivity index (χ1n) is 6.36. The van der Waals surface area contributed by atoms with Gasteiger partial charge in [-0.1, -0.05) is 48.1 Å². The number of pyridine rings is 1. The van der Waals surface area contributed by atoms with Gasteiger partial charge in [0.1, 0.15) is 10.8 Å². The van der Waals surface area contributed by atoms with Crippen LogP contribution >= 0.6 is 23.8 Å². The van der Waals surface area contributed by atoms with Gasteiger partial charge in [0.05, 0.1) is 11.1 Å². The molecule has 0 unspecified atom stereocenters. The molecule has 0 atom stereocenters. The number of rotatable bonds is 3. The van der Waals surface area contributed by atoms with E-state index in [-0.39, 0.29) is 0 Å².